The maximum Gasteiger partial charge on any atom is 0.220 e. The highest BCUT2D eigenvalue weighted by atomic mass is 16.1. The minimum atomic E-state index is 0.118. The monoisotopic (exact) mass is 284 g/mol. The van der Waals surface area contributed by atoms with E-state index in [-0.39, 0.29) is 11.9 Å². The number of unbranched alkanes of at least 4 members (excludes halogenated alkanes) is 8. The minimum absolute atomic E-state index is 0.118. The van der Waals surface area contributed by atoms with Crippen LogP contribution in [-0.4, -0.2) is 18.5 Å². The highest BCUT2D eigenvalue weighted by Crippen LogP contribution is 2.10. The van der Waals surface area contributed by atoms with Crippen LogP contribution in [0.5, 0.6) is 0 Å². The van der Waals surface area contributed by atoms with Crippen molar-refractivity contribution < 1.29 is 4.79 Å². The molecule has 1 amide bonds. The first-order valence-corrected chi connectivity index (χ1v) is 8.73. The van der Waals surface area contributed by atoms with Crippen molar-refractivity contribution in [3.05, 3.63) is 0 Å². The van der Waals surface area contributed by atoms with Crippen LogP contribution in [-0.2, 0) is 4.79 Å². The molecular formula is C17H36N2O. The SMILES string of the molecule is CCCCCCCCCCCC(=O)NCC(N)CCC. The van der Waals surface area contributed by atoms with E-state index in [4.69, 9.17) is 5.73 Å². The molecule has 3 nitrogen and oxygen atoms in total. The van der Waals surface area contributed by atoms with Crippen molar-refractivity contribution in [1.29, 1.82) is 0 Å². The molecule has 1 atom stereocenters. The van der Waals surface area contributed by atoms with Gasteiger partial charge < -0.3 is 11.1 Å². The Balaban J connectivity index is 3.23. The van der Waals surface area contributed by atoms with Gasteiger partial charge >= 0.3 is 0 Å². The standard InChI is InChI=1S/C17H36N2O/c1-3-5-6-7-8-9-10-11-12-14-17(20)19-15-16(18)13-4-2/h16H,3-15,18H2,1-2H3,(H,19,20). The lowest BCUT2D eigenvalue weighted by molar-refractivity contribution is -0.121. The second-order valence-electron chi connectivity index (χ2n) is 5.93. The van der Waals surface area contributed by atoms with Crippen LogP contribution in [0.4, 0.5) is 0 Å². The van der Waals surface area contributed by atoms with E-state index >= 15 is 0 Å². The highest BCUT2D eigenvalue weighted by Gasteiger charge is 2.04. The Hall–Kier alpha value is -0.570. The molecule has 120 valence electrons. The lowest BCUT2D eigenvalue weighted by Crippen LogP contribution is -2.36. The second kappa shape index (κ2) is 14.8. The van der Waals surface area contributed by atoms with Crippen LogP contribution >= 0.6 is 0 Å². The molecule has 0 aliphatic carbocycles. The van der Waals surface area contributed by atoms with Gasteiger partial charge in [-0.25, -0.2) is 0 Å². The maximum absolute atomic E-state index is 11.6. The summed E-state index contributed by atoms with van der Waals surface area (Å²) < 4.78 is 0. The molecule has 0 spiro atoms. The third-order valence-electron chi connectivity index (χ3n) is 3.73. The van der Waals surface area contributed by atoms with E-state index in [0.717, 1.165) is 19.3 Å². The first kappa shape index (κ1) is 19.4. The summed E-state index contributed by atoms with van der Waals surface area (Å²) in [5.74, 6) is 0.166. The van der Waals surface area contributed by atoms with Gasteiger partial charge in [0.2, 0.25) is 5.91 Å². The zero-order chi connectivity index (χ0) is 15.1. The van der Waals surface area contributed by atoms with Gasteiger partial charge in [-0.05, 0) is 12.8 Å². The van der Waals surface area contributed by atoms with Gasteiger partial charge in [-0.1, -0.05) is 71.6 Å². The van der Waals surface area contributed by atoms with Crippen LogP contribution in [0, 0.1) is 0 Å². The van der Waals surface area contributed by atoms with Gasteiger partial charge in [0, 0.05) is 19.0 Å². The van der Waals surface area contributed by atoms with Gasteiger partial charge in [0.25, 0.3) is 0 Å². The fraction of sp³-hybridized carbons (Fsp3) is 0.941. The molecule has 0 aromatic heterocycles. The van der Waals surface area contributed by atoms with E-state index < -0.39 is 0 Å². The number of carbonyl (C=O) groups is 1. The predicted octanol–water partition coefficient (Wildman–Crippen LogP) is 4.15. The lowest BCUT2D eigenvalue weighted by Gasteiger charge is -2.11. The molecule has 0 fully saturated rings. The van der Waals surface area contributed by atoms with E-state index in [1.54, 1.807) is 0 Å². The summed E-state index contributed by atoms with van der Waals surface area (Å²) in [6.07, 6.45) is 14.3. The van der Waals surface area contributed by atoms with Crippen molar-refractivity contribution in [3.63, 3.8) is 0 Å². The number of nitrogens with one attached hydrogen (secondary N) is 1. The summed E-state index contributed by atoms with van der Waals surface area (Å²) in [6, 6.07) is 0.118. The molecule has 0 heterocycles. The van der Waals surface area contributed by atoms with Gasteiger partial charge in [-0.2, -0.15) is 0 Å². The Morgan fingerprint density at radius 2 is 1.45 bits per heavy atom. The molecule has 0 aromatic carbocycles. The fourth-order valence-electron chi connectivity index (χ4n) is 2.40. The van der Waals surface area contributed by atoms with Crippen molar-refractivity contribution in [1.82, 2.24) is 5.32 Å². The Morgan fingerprint density at radius 1 is 0.900 bits per heavy atom. The Labute approximate surface area is 126 Å². The van der Waals surface area contributed by atoms with Gasteiger partial charge in [-0.3, -0.25) is 4.79 Å². The summed E-state index contributed by atoms with van der Waals surface area (Å²) in [5.41, 5.74) is 5.86. The lowest BCUT2D eigenvalue weighted by atomic mass is 10.1. The van der Waals surface area contributed by atoms with E-state index in [2.05, 4.69) is 19.2 Å². The summed E-state index contributed by atoms with van der Waals surface area (Å²) >= 11 is 0. The van der Waals surface area contributed by atoms with Crippen LogP contribution in [0.1, 0.15) is 90.9 Å². The molecule has 0 saturated heterocycles. The number of rotatable bonds is 14. The molecule has 3 heteroatoms. The van der Waals surface area contributed by atoms with Crippen molar-refractivity contribution >= 4 is 5.91 Å². The molecule has 0 radical (unpaired) electrons. The van der Waals surface area contributed by atoms with Crippen molar-refractivity contribution in [2.75, 3.05) is 6.54 Å². The van der Waals surface area contributed by atoms with Crippen molar-refractivity contribution in [2.24, 2.45) is 5.73 Å². The van der Waals surface area contributed by atoms with Gasteiger partial charge in [0.1, 0.15) is 0 Å². The van der Waals surface area contributed by atoms with Gasteiger partial charge in [0.05, 0.1) is 0 Å². The Morgan fingerprint density at radius 3 is 2.00 bits per heavy atom. The smallest absolute Gasteiger partial charge is 0.220 e. The molecule has 1 unspecified atom stereocenters. The fourth-order valence-corrected chi connectivity index (χ4v) is 2.40. The average Bonchev–Trinajstić information content (AvgIpc) is 2.43. The second-order valence-corrected chi connectivity index (χ2v) is 5.93. The molecule has 0 aromatic rings. The summed E-state index contributed by atoms with van der Waals surface area (Å²) in [6.45, 7) is 4.99. The molecule has 3 N–H and O–H groups in total. The third-order valence-corrected chi connectivity index (χ3v) is 3.73. The first-order valence-electron chi connectivity index (χ1n) is 8.73. The van der Waals surface area contributed by atoms with Gasteiger partial charge in [0.15, 0.2) is 0 Å². The number of hydrogen-bond donors (Lipinski definition) is 2. The highest BCUT2D eigenvalue weighted by molar-refractivity contribution is 5.75. The Kier molecular flexibility index (Phi) is 14.4. The maximum atomic E-state index is 11.6. The van der Waals surface area contributed by atoms with E-state index in [1.807, 2.05) is 0 Å². The van der Waals surface area contributed by atoms with Crippen LogP contribution in [0.2, 0.25) is 0 Å². The van der Waals surface area contributed by atoms with Crippen LogP contribution in [0.3, 0.4) is 0 Å². The van der Waals surface area contributed by atoms with E-state index in [0.29, 0.717) is 13.0 Å². The summed E-state index contributed by atoms with van der Waals surface area (Å²) in [7, 11) is 0. The largest absolute Gasteiger partial charge is 0.355 e. The molecule has 0 rings (SSSR count). The molecule has 20 heavy (non-hydrogen) atoms. The van der Waals surface area contributed by atoms with Crippen LogP contribution < -0.4 is 11.1 Å². The third kappa shape index (κ3) is 13.9. The first-order chi connectivity index (χ1) is 9.70. The van der Waals surface area contributed by atoms with E-state index in [9.17, 15) is 4.79 Å². The minimum Gasteiger partial charge on any atom is -0.355 e. The molecular weight excluding hydrogens is 248 g/mol. The summed E-state index contributed by atoms with van der Waals surface area (Å²) in [5, 5.41) is 2.93. The quantitative estimate of drug-likeness (QED) is 0.471. The topological polar surface area (TPSA) is 55.1 Å². The van der Waals surface area contributed by atoms with Gasteiger partial charge in [-0.15, -0.1) is 0 Å². The zero-order valence-electron chi connectivity index (χ0n) is 13.8. The normalized spacial score (nSPS) is 12.3. The number of hydrogen-bond acceptors (Lipinski definition) is 2. The molecule has 0 saturated carbocycles. The molecule has 0 aliphatic heterocycles. The van der Waals surface area contributed by atoms with Crippen LogP contribution in [0.25, 0.3) is 0 Å². The predicted molar refractivity (Wildman–Crippen MR) is 87.7 cm³/mol. The number of amides is 1. The van der Waals surface area contributed by atoms with E-state index in [1.165, 1.54) is 51.4 Å². The summed E-state index contributed by atoms with van der Waals surface area (Å²) in [4.78, 5) is 11.6. The Bertz CT molecular complexity index is 219. The van der Waals surface area contributed by atoms with Crippen molar-refractivity contribution in [2.45, 2.75) is 96.9 Å². The zero-order valence-corrected chi connectivity index (χ0v) is 13.8. The molecule has 0 aliphatic rings. The number of nitrogens with two attached hydrogens (primary N) is 1. The molecule has 0 bridgehead atoms. The number of carbonyl (C=O) groups excluding carboxylic acids is 1. The van der Waals surface area contributed by atoms with Crippen molar-refractivity contribution in [3.8, 4) is 0 Å². The average molecular weight is 284 g/mol. The van der Waals surface area contributed by atoms with Crippen LogP contribution in [0.15, 0.2) is 0 Å².